The molecule has 0 bridgehead atoms. The van der Waals surface area contributed by atoms with E-state index in [0.717, 1.165) is 5.56 Å². The molecule has 0 aliphatic heterocycles. The number of halogens is 1. The molecule has 0 atom stereocenters. The summed E-state index contributed by atoms with van der Waals surface area (Å²) in [4.78, 5) is 5.20. The standard InChI is InChI=1S/C19H22FNO4/c1-3-23-18-10-5-15(13-19(18)22-2)14-21-25-12-4-11-24-17-8-6-16(20)7-9-17/h5-10,13-14H,3-4,11-12H2,1-2H3. The van der Waals surface area contributed by atoms with Crippen LogP contribution in [0.4, 0.5) is 4.39 Å². The molecule has 0 heterocycles. The van der Waals surface area contributed by atoms with E-state index in [9.17, 15) is 4.39 Å². The molecule has 0 radical (unpaired) electrons. The van der Waals surface area contributed by atoms with Crippen LogP contribution in [-0.4, -0.2) is 33.1 Å². The van der Waals surface area contributed by atoms with Crippen molar-refractivity contribution >= 4 is 6.21 Å². The van der Waals surface area contributed by atoms with Gasteiger partial charge in [0.15, 0.2) is 11.5 Å². The second-order valence-corrected chi connectivity index (χ2v) is 5.07. The van der Waals surface area contributed by atoms with Crippen molar-refractivity contribution in [3.63, 3.8) is 0 Å². The molecule has 0 aromatic heterocycles. The molecule has 0 aliphatic carbocycles. The van der Waals surface area contributed by atoms with Gasteiger partial charge in [-0.3, -0.25) is 0 Å². The number of rotatable bonds is 10. The number of hydrogen-bond acceptors (Lipinski definition) is 5. The molecule has 0 aliphatic rings. The van der Waals surface area contributed by atoms with Crippen molar-refractivity contribution in [3.05, 3.63) is 53.8 Å². The first kappa shape index (κ1) is 18.6. The van der Waals surface area contributed by atoms with Gasteiger partial charge in [0, 0.05) is 12.0 Å². The van der Waals surface area contributed by atoms with E-state index >= 15 is 0 Å². The van der Waals surface area contributed by atoms with E-state index in [0.29, 0.717) is 43.5 Å². The first-order chi connectivity index (χ1) is 12.2. The van der Waals surface area contributed by atoms with Crippen LogP contribution in [0.2, 0.25) is 0 Å². The smallest absolute Gasteiger partial charge is 0.161 e. The largest absolute Gasteiger partial charge is 0.493 e. The van der Waals surface area contributed by atoms with E-state index in [-0.39, 0.29) is 5.82 Å². The summed E-state index contributed by atoms with van der Waals surface area (Å²) in [6, 6.07) is 11.4. The molecule has 134 valence electrons. The quantitative estimate of drug-likeness (QED) is 0.370. The topological polar surface area (TPSA) is 49.3 Å². The Labute approximate surface area is 147 Å². The van der Waals surface area contributed by atoms with Crippen LogP contribution in [0.15, 0.2) is 47.6 Å². The van der Waals surface area contributed by atoms with Gasteiger partial charge in [0.2, 0.25) is 0 Å². The second kappa shape index (κ2) is 10.2. The molecule has 0 unspecified atom stereocenters. The summed E-state index contributed by atoms with van der Waals surface area (Å²) in [5.74, 6) is 1.70. The lowest BCUT2D eigenvalue weighted by Crippen LogP contribution is -2.01. The SMILES string of the molecule is CCOc1ccc(C=NOCCCOc2ccc(F)cc2)cc1OC. The Balaban J connectivity index is 1.69. The molecule has 5 nitrogen and oxygen atoms in total. The molecule has 25 heavy (non-hydrogen) atoms. The summed E-state index contributed by atoms with van der Waals surface area (Å²) in [6.07, 6.45) is 2.28. The third kappa shape index (κ3) is 6.33. The molecule has 2 aromatic carbocycles. The van der Waals surface area contributed by atoms with Crippen molar-refractivity contribution in [1.29, 1.82) is 0 Å². The van der Waals surface area contributed by atoms with Crippen LogP contribution in [0.1, 0.15) is 18.9 Å². The highest BCUT2D eigenvalue weighted by Crippen LogP contribution is 2.27. The third-order valence-electron chi connectivity index (χ3n) is 3.23. The zero-order valence-corrected chi connectivity index (χ0v) is 14.4. The zero-order chi connectivity index (χ0) is 17.9. The van der Waals surface area contributed by atoms with Crippen LogP contribution < -0.4 is 14.2 Å². The Morgan fingerprint density at radius 1 is 1.00 bits per heavy atom. The number of nitrogens with zero attached hydrogens (tertiary/aromatic N) is 1. The van der Waals surface area contributed by atoms with Crippen molar-refractivity contribution in [2.75, 3.05) is 26.9 Å². The Bertz CT molecular complexity index is 674. The van der Waals surface area contributed by atoms with Crippen LogP contribution >= 0.6 is 0 Å². The van der Waals surface area contributed by atoms with Gasteiger partial charge in [0.25, 0.3) is 0 Å². The van der Waals surface area contributed by atoms with Crippen molar-refractivity contribution < 1.29 is 23.4 Å². The molecular formula is C19H22FNO4. The maximum absolute atomic E-state index is 12.8. The number of methoxy groups -OCH3 is 1. The highest BCUT2D eigenvalue weighted by molar-refractivity contribution is 5.80. The summed E-state index contributed by atoms with van der Waals surface area (Å²) in [7, 11) is 1.59. The van der Waals surface area contributed by atoms with Gasteiger partial charge in [-0.15, -0.1) is 0 Å². The average Bonchev–Trinajstić information content (AvgIpc) is 2.63. The molecule has 0 spiro atoms. The molecule has 6 heteroatoms. The number of hydrogen-bond donors (Lipinski definition) is 0. The fraction of sp³-hybridized carbons (Fsp3) is 0.316. The van der Waals surface area contributed by atoms with Gasteiger partial charge in [-0.25, -0.2) is 4.39 Å². The molecule has 0 amide bonds. The van der Waals surface area contributed by atoms with Crippen LogP contribution in [0, 0.1) is 5.82 Å². The van der Waals surface area contributed by atoms with E-state index in [1.165, 1.54) is 12.1 Å². The fourth-order valence-electron chi connectivity index (χ4n) is 2.03. The zero-order valence-electron chi connectivity index (χ0n) is 14.4. The van der Waals surface area contributed by atoms with Crippen molar-refractivity contribution in [2.24, 2.45) is 5.16 Å². The normalized spacial score (nSPS) is 10.7. The Hall–Kier alpha value is -2.76. The van der Waals surface area contributed by atoms with Gasteiger partial charge >= 0.3 is 0 Å². The van der Waals surface area contributed by atoms with E-state index in [1.54, 1.807) is 25.5 Å². The molecule has 0 fully saturated rings. The predicted octanol–water partition coefficient (Wildman–Crippen LogP) is 4.05. The Kier molecular flexibility index (Phi) is 7.56. The van der Waals surface area contributed by atoms with E-state index < -0.39 is 0 Å². The highest BCUT2D eigenvalue weighted by atomic mass is 19.1. The first-order valence-corrected chi connectivity index (χ1v) is 8.07. The van der Waals surface area contributed by atoms with Gasteiger partial charge in [-0.2, -0.15) is 0 Å². The minimum Gasteiger partial charge on any atom is -0.493 e. The summed E-state index contributed by atoms with van der Waals surface area (Å²) < 4.78 is 29.0. The van der Waals surface area contributed by atoms with Crippen molar-refractivity contribution in [3.8, 4) is 17.2 Å². The van der Waals surface area contributed by atoms with Gasteiger partial charge in [-0.1, -0.05) is 5.16 Å². The molecule has 2 rings (SSSR count). The van der Waals surface area contributed by atoms with Crippen LogP contribution in [-0.2, 0) is 4.84 Å². The highest BCUT2D eigenvalue weighted by Gasteiger charge is 2.04. The summed E-state index contributed by atoms with van der Waals surface area (Å²) >= 11 is 0. The maximum Gasteiger partial charge on any atom is 0.161 e. The Morgan fingerprint density at radius 2 is 1.80 bits per heavy atom. The van der Waals surface area contributed by atoms with E-state index in [1.807, 2.05) is 25.1 Å². The number of benzene rings is 2. The lowest BCUT2D eigenvalue weighted by atomic mass is 10.2. The monoisotopic (exact) mass is 347 g/mol. The summed E-state index contributed by atoms with van der Waals surface area (Å²) in [5, 5.41) is 3.92. The van der Waals surface area contributed by atoms with E-state index in [2.05, 4.69) is 5.16 Å². The van der Waals surface area contributed by atoms with E-state index in [4.69, 9.17) is 19.0 Å². The van der Waals surface area contributed by atoms with Gasteiger partial charge in [-0.05, 0) is 49.4 Å². The lowest BCUT2D eigenvalue weighted by molar-refractivity contribution is 0.129. The molecule has 2 aromatic rings. The fourth-order valence-corrected chi connectivity index (χ4v) is 2.03. The Morgan fingerprint density at radius 3 is 2.52 bits per heavy atom. The lowest BCUT2D eigenvalue weighted by Gasteiger charge is -2.09. The minimum absolute atomic E-state index is 0.282. The summed E-state index contributed by atoms with van der Waals surface area (Å²) in [6.45, 7) is 3.39. The maximum atomic E-state index is 12.8. The molecule has 0 saturated heterocycles. The predicted molar refractivity (Wildman–Crippen MR) is 94.2 cm³/mol. The molecule has 0 N–H and O–H groups in total. The van der Waals surface area contributed by atoms with Crippen molar-refractivity contribution in [2.45, 2.75) is 13.3 Å². The summed E-state index contributed by atoms with van der Waals surface area (Å²) in [5.41, 5.74) is 0.850. The van der Waals surface area contributed by atoms with Gasteiger partial charge in [0.05, 0.1) is 26.5 Å². The van der Waals surface area contributed by atoms with Crippen LogP contribution in [0.3, 0.4) is 0 Å². The van der Waals surface area contributed by atoms with Gasteiger partial charge in [0.1, 0.15) is 18.2 Å². The van der Waals surface area contributed by atoms with Crippen LogP contribution in [0.25, 0.3) is 0 Å². The first-order valence-electron chi connectivity index (χ1n) is 8.07. The van der Waals surface area contributed by atoms with Crippen molar-refractivity contribution in [1.82, 2.24) is 0 Å². The van der Waals surface area contributed by atoms with Gasteiger partial charge < -0.3 is 19.0 Å². The number of ether oxygens (including phenoxy) is 3. The average molecular weight is 347 g/mol. The molecular weight excluding hydrogens is 325 g/mol. The second-order valence-electron chi connectivity index (χ2n) is 5.07. The minimum atomic E-state index is -0.282. The van der Waals surface area contributed by atoms with Crippen LogP contribution in [0.5, 0.6) is 17.2 Å². The number of oxime groups is 1. The molecule has 0 saturated carbocycles. The third-order valence-corrected chi connectivity index (χ3v) is 3.23.